The Morgan fingerprint density at radius 3 is 2.61 bits per heavy atom. The monoisotopic (exact) mass is 319 g/mol. The summed E-state index contributed by atoms with van der Waals surface area (Å²) in [5, 5.41) is 0. The molecule has 0 aliphatic carbocycles. The van der Waals surface area contributed by atoms with Gasteiger partial charge in [-0.25, -0.2) is 0 Å². The van der Waals surface area contributed by atoms with Gasteiger partial charge in [-0.1, -0.05) is 0 Å². The van der Waals surface area contributed by atoms with Gasteiger partial charge in [-0.05, 0) is 26.7 Å². The van der Waals surface area contributed by atoms with E-state index in [1.807, 2.05) is 13.1 Å². The molecule has 5 nitrogen and oxygen atoms in total. The lowest BCUT2D eigenvalue weighted by Gasteiger charge is -2.35. The Bertz CT molecular complexity index is 521. The van der Waals surface area contributed by atoms with E-state index in [-0.39, 0.29) is 0 Å². The van der Waals surface area contributed by atoms with Gasteiger partial charge < -0.3 is 9.47 Å². The fourth-order valence-electron chi connectivity index (χ4n) is 3.65. The van der Waals surface area contributed by atoms with Gasteiger partial charge >= 0.3 is 0 Å². The van der Waals surface area contributed by atoms with E-state index in [0.29, 0.717) is 6.10 Å². The Morgan fingerprint density at radius 1 is 1.22 bits per heavy atom. The van der Waals surface area contributed by atoms with Gasteiger partial charge in [-0.3, -0.25) is 14.8 Å². The zero-order valence-corrected chi connectivity index (χ0v) is 14.7. The second kappa shape index (κ2) is 7.60. The molecule has 23 heavy (non-hydrogen) atoms. The predicted molar refractivity (Wildman–Crippen MR) is 91.0 cm³/mol. The van der Waals surface area contributed by atoms with Crippen LogP contribution in [0.4, 0.5) is 0 Å². The van der Waals surface area contributed by atoms with Crippen LogP contribution in [0.3, 0.4) is 0 Å². The highest BCUT2D eigenvalue weighted by molar-refractivity contribution is 5.41. The molecule has 0 radical (unpaired) electrons. The quantitative estimate of drug-likeness (QED) is 0.830. The van der Waals surface area contributed by atoms with Crippen LogP contribution in [0.15, 0.2) is 6.20 Å². The largest absolute Gasteiger partial charge is 0.496 e. The third-order valence-corrected chi connectivity index (χ3v) is 5.07. The smallest absolute Gasteiger partial charge is 0.128 e. The van der Waals surface area contributed by atoms with E-state index in [1.165, 1.54) is 18.4 Å². The number of piperazine rings is 1. The number of rotatable bonds is 5. The Morgan fingerprint density at radius 2 is 1.96 bits per heavy atom. The summed E-state index contributed by atoms with van der Waals surface area (Å²) >= 11 is 0. The average molecular weight is 319 g/mol. The molecule has 2 saturated heterocycles. The minimum atomic E-state index is 0.465. The standard InChI is InChI=1S/C18H29N3O2/c1-14-11-19-17(15(2)18(14)22-3)13-21-8-6-20(7-9-21)12-16-5-4-10-23-16/h11,16H,4-10,12-13H2,1-3H3/t16-/m1/s1. The van der Waals surface area contributed by atoms with Crippen LogP contribution in [0.2, 0.25) is 0 Å². The van der Waals surface area contributed by atoms with Gasteiger partial charge in [0.05, 0.1) is 18.9 Å². The molecule has 0 amide bonds. The minimum absolute atomic E-state index is 0.465. The van der Waals surface area contributed by atoms with Crippen LogP contribution in [-0.2, 0) is 11.3 Å². The Hall–Kier alpha value is -1.17. The van der Waals surface area contributed by atoms with Crippen LogP contribution in [-0.4, -0.2) is 67.3 Å². The number of methoxy groups -OCH3 is 1. The maximum absolute atomic E-state index is 5.75. The molecular formula is C18H29N3O2. The summed E-state index contributed by atoms with van der Waals surface area (Å²) in [6.45, 7) is 11.6. The van der Waals surface area contributed by atoms with Crippen molar-refractivity contribution in [3.63, 3.8) is 0 Å². The van der Waals surface area contributed by atoms with Crippen molar-refractivity contribution in [3.8, 4) is 5.75 Å². The van der Waals surface area contributed by atoms with Crippen molar-refractivity contribution < 1.29 is 9.47 Å². The Balaban J connectivity index is 1.52. The van der Waals surface area contributed by atoms with Gasteiger partial charge in [-0.2, -0.15) is 0 Å². The molecule has 0 saturated carbocycles. The number of ether oxygens (including phenoxy) is 2. The van der Waals surface area contributed by atoms with Gasteiger partial charge in [0.1, 0.15) is 5.75 Å². The summed E-state index contributed by atoms with van der Waals surface area (Å²) in [6, 6.07) is 0. The van der Waals surface area contributed by atoms with E-state index in [4.69, 9.17) is 9.47 Å². The highest BCUT2D eigenvalue weighted by Gasteiger charge is 2.23. The summed E-state index contributed by atoms with van der Waals surface area (Å²) in [5.41, 5.74) is 3.42. The van der Waals surface area contributed by atoms with Crippen molar-refractivity contribution in [2.24, 2.45) is 0 Å². The fraction of sp³-hybridized carbons (Fsp3) is 0.722. The molecule has 0 spiro atoms. The maximum Gasteiger partial charge on any atom is 0.128 e. The van der Waals surface area contributed by atoms with E-state index in [0.717, 1.165) is 62.9 Å². The number of aromatic nitrogens is 1. The number of pyridine rings is 1. The van der Waals surface area contributed by atoms with Crippen LogP contribution in [0.5, 0.6) is 5.75 Å². The van der Waals surface area contributed by atoms with E-state index >= 15 is 0 Å². The van der Waals surface area contributed by atoms with Crippen molar-refractivity contribution in [3.05, 3.63) is 23.0 Å². The topological polar surface area (TPSA) is 37.8 Å². The lowest BCUT2D eigenvalue weighted by Crippen LogP contribution is -2.48. The SMILES string of the molecule is COc1c(C)cnc(CN2CCN(C[C@H]3CCCO3)CC2)c1C. The molecule has 0 unspecified atom stereocenters. The van der Waals surface area contributed by atoms with Crippen LogP contribution in [0.25, 0.3) is 0 Å². The lowest BCUT2D eigenvalue weighted by atomic mass is 10.1. The van der Waals surface area contributed by atoms with Gasteiger partial charge in [0.2, 0.25) is 0 Å². The maximum atomic E-state index is 5.75. The van der Waals surface area contributed by atoms with Crippen LogP contribution in [0, 0.1) is 13.8 Å². The Kier molecular flexibility index (Phi) is 5.51. The molecule has 3 rings (SSSR count). The number of aryl methyl sites for hydroxylation is 1. The molecule has 0 N–H and O–H groups in total. The molecule has 3 heterocycles. The van der Waals surface area contributed by atoms with Gasteiger partial charge in [0, 0.05) is 63.2 Å². The zero-order chi connectivity index (χ0) is 16.2. The van der Waals surface area contributed by atoms with Crippen LogP contribution in [0.1, 0.15) is 29.7 Å². The average Bonchev–Trinajstić information content (AvgIpc) is 3.05. The Labute approximate surface area is 139 Å². The normalized spacial score (nSPS) is 23.3. The van der Waals surface area contributed by atoms with Gasteiger partial charge in [0.25, 0.3) is 0 Å². The summed E-state index contributed by atoms with van der Waals surface area (Å²) in [4.78, 5) is 9.67. The molecule has 2 aliphatic heterocycles. The van der Waals surface area contributed by atoms with E-state index < -0.39 is 0 Å². The third-order valence-electron chi connectivity index (χ3n) is 5.07. The van der Waals surface area contributed by atoms with E-state index in [9.17, 15) is 0 Å². The first kappa shape index (κ1) is 16.7. The number of hydrogen-bond donors (Lipinski definition) is 0. The van der Waals surface area contributed by atoms with Crippen molar-refractivity contribution >= 4 is 0 Å². The molecule has 1 aromatic rings. The van der Waals surface area contributed by atoms with Crippen molar-refractivity contribution in [1.82, 2.24) is 14.8 Å². The van der Waals surface area contributed by atoms with Gasteiger partial charge in [-0.15, -0.1) is 0 Å². The molecule has 128 valence electrons. The summed E-state index contributed by atoms with van der Waals surface area (Å²) in [5.74, 6) is 0.979. The van der Waals surface area contributed by atoms with Crippen molar-refractivity contribution in [2.45, 2.75) is 39.3 Å². The number of nitrogens with zero attached hydrogens (tertiary/aromatic N) is 3. The van der Waals surface area contributed by atoms with E-state index in [1.54, 1.807) is 7.11 Å². The third kappa shape index (κ3) is 4.03. The first-order chi connectivity index (χ1) is 11.2. The highest BCUT2D eigenvalue weighted by atomic mass is 16.5. The molecule has 2 fully saturated rings. The molecule has 5 heteroatoms. The number of hydrogen-bond acceptors (Lipinski definition) is 5. The highest BCUT2D eigenvalue weighted by Crippen LogP contribution is 2.25. The minimum Gasteiger partial charge on any atom is -0.496 e. The predicted octanol–water partition coefficient (Wildman–Crippen LogP) is 2.00. The van der Waals surface area contributed by atoms with Crippen molar-refractivity contribution in [2.75, 3.05) is 46.4 Å². The summed E-state index contributed by atoms with van der Waals surface area (Å²) in [6.07, 6.45) is 4.85. The van der Waals surface area contributed by atoms with E-state index in [2.05, 4.69) is 21.7 Å². The summed E-state index contributed by atoms with van der Waals surface area (Å²) < 4.78 is 11.3. The zero-order valence-electron chi connectivity index (χ0n) is 14.7. The summed E-state index contributed by atoms with van der Waals surface area (Å²) in [7, 11) is 1.74. The lowest BCUT2D eigenvalue weighted by molar-refractivity contribution is 0.0486. The molecule has 2 aliphatic rings. The van der Waals surface area contributed by atoms with Crippen LogP contribution >= 0.6 is 0 Å². The molecular weight excluding hydrogens is 290 g/mol. The first-order valence-corrected chi connectivity index (χ1v) is 8.72. The molecule has 0 bridgehead atoms. The van der Waals surface area contributed by atoms with Gasteiger partial charge in [0.15, 0.2) is 0 Å². The second-order valence-corrected chi connectivity index (χ2v) is 6.76. The molecule has 1 aromatic heterocycles. The second-order valence-electron chi connectivity index (χ2n) is 6.76. The molecule has 0 aromatic carbocycles. The van der Waals surface area contributed by atoms with Crippen LogP contribution < -0.4 is 4.74 Å². The van der Waals surface area contributed by atoms with Crippen molar-refractivity contribution in [1.29, 1.82) is 0 Å². The molecule has 1 atom stereocenters. The fourth-order valence-corrected chi connectivity index (χ4v) is 3.65. The first-order valence-electron chi connectivity index (χ1n) is 8.72.